The first kappa shape index (κ1) is 19.3. The third-order valence-electron chi connectivity index (χ3n) is 5.15. The lowest BCUT2D eigenvalue weighted by Gasteiger charge is -2.46. The molecule has 0 radical (unpaired) electrons. The highest BCUT2D eigenvalue weighted by molar-refractivity contribution is 6.02. The lowest BCUT2D eigenvalue weighted by molar-refractivity contribution is 0.0535. The second-order valence-corrected chi connectivity index (χ2v) is 7.75. The van der Waals surface area contributed by atoms with E-state index in [2.05, 4.69) is 45.1 Å². The van der Waals surface area contributed by atoms with Crippen LogP contribution in [0, 0.1) is 5.92 Å². The van der Waals surface area contributed by atoms with Gasteiger partial charge in [-0.2, -0.15) is 0 Å². The number of carbonyl (C=O) groups is 1. The Balaban J connectivity index is 1.87. The first-order valence-electron chi connectivity index (χ1n) is 9.88. The van der Waals surface area contributed by atoms with Gasteiger partial charge in [-0.25, -0.2) is 0 Å². The molecule has 0 saturated heterocycles. The zero-order valence-corrected chi connectivity index (χ0v) is 16.8. The van der Waals surface area contributed by atoms with Crippen molar-refractivity contribution in [2.45, 2.75) is 46.2 Å². The van der Waals surface area contributed by atoms with Crippen molar-refractivity contribution in [1.29, 1.82) is 0 Å². The van der Waals surface area contributed by atoms with Gasteiger partial charge in [0, 0.05) is 12.2 Å². The molecule has 1 N–H and O–H groups in total. The molecule has 2 aromatic carbocycles. The van der Waals surface area contributed by atoms with Crippen molar-refractivity contribution in [2.24, 2.45) is 5.92 Å². The molecule has 0 bridgehead atoms. The molecule has 0 spiro atoms. The van der Waals surface area contributed by atoms with E-state index in [-0.39, 0.29) is 5.91 Å². The van der Waals surface area contributed by atoms with E-state index in [1.165, 1.54) is 0 Å². The highest BCUT2D eigenvalue weighted by atomic mass is 16.5. The van der Waals surface area contributed by atoms with Gasteiger partial charge in [0.05, 0.1) is 12.2 Å². The zero-order chi connectivity index (χ0) is 19.4. The van der Waals surface area contributed by atoms with Crippen molar-refractivity contribution in [1.82, 2.24) is 4.90 Å². The molecule has 2 aromatic rings. The highest BCUT2D eigenvalue weighted by Gasteiger charge is 2.41. The Kier molecular flexibility index (Phi) is 5.73. The lowest BCUT2D eigenvalue weighted by atomic mass is 9.93. The Morgan fingerprint density at radius 3 is 2.48 bits per heavy atom. The predicted octanol–water partition coefficient (Wildman–Crippen LogP) is 5.26. The van der Waals surface area contributed by atoms with Crippen LogP contribution in [0.5, 0.6) is 5.75 Å². The number of benzene rings is 2. The lowest BCUT2D eigenvalue weighted by Crippen LogP contribution is -2.56. The summed E-state index contributed by atoms with van der Waals surface area (Å²) >= 11 is 0. The number of rotatable bonds is 7. The SMILES string of the molecule is CCCN1C(=O)c2ccccc2NC1(C)c1ccc(OCCC(C)C)cc1. The van der Waals surface area contributed by atoms with Crippen molar-refractivity contribution in [3.8, 4) is 5.75 Å². The van der Waals surface area contributed by atoms with Crippen LogP contribution in [-0.4, -0.2) is 24.0 Å². The Morgan fingerprint density at radius 1 is 1.11 bits per heavy atom. The molecule has 3 rings (SSSR count). The molecule has 0 saturated carbocycles. The Hall–Kier alpha value is -2.49. The van der Waals surface area contributed by atoms with Crippen LogP contribution in [0.1, 0.15) is 56.5 Å². The van der Waals surface area contributed by atoms with E-state index in [1.54, 1.807) is 0 Å². The Morgan fingerprint density at radius 2 is 1.81 bits per heavy atom. The molecule has 0 fully saturated rings. The summed E-state index contributed by atoms with van der Waals surface area (Å²) in [6.45, 7) is 9.98. The van der Waals surface area contributed by atoms with Gasteiger partial charge in [-0.3, -0.25) is 4.79 Å². The topological polar surface area (TPSA) is 41.6 Å². The van der Waals surface area contributed by atoms with Crippen molar-refractivity contribution in [2.75, 3.05) is 18.5 Å². The Labute approximate surface area is 162 Å². The maximum atomic E-state index is 13.1. The number of hydrogen-bond acceptors (Lipinski definition) is 3. The van der Waals surface area contributed by atoms with Crippen molar-refractivity contribution < 1.29 is 9.53 Å². The van der Waals surface area contributed by atoms with Gasteiger partial charge in [0.2, 0.25) is 0 Å². The third-order valence-corrected chi connectivity index (χ3v) is 5.15. The minimum Gasteiger partial charge on any atom is -0.494 e. The van der Waals surface area contributed by atoms with Crippen molar-refractivity contribution in [3.63, 3.8) is 0 Å². The molecule has 1 unspecified atom stereocenters. The monoisotopic (exact) mass is 366 g/mol. The van der Waals surface area contributed by atoms with Gasteiger partial charge < -0.3 is 15.0 Å². The second kappa shape index (κ2) is 8.03. The first-order chi connectivity index (χ1) is 13.0. The summed E-state index contributed by atoms with van der Waals surface area (Å²) in [4.78, 5) is 15.1. The molecular formula is C23H30N2O2. The molecule has 1 aliphatic rings. The summed E-state index contributed by atoms with van der Waals surface area (Å²) in [7, 11) is 0. The molecule has 1 amide bonds. The van der Waals surface area contributed by atoms with Gasteiger partial charge in [0.15, 0.2) is 0 Å². The molecule has 1 aliphatic heterocycles. The number of nitrogens with one attached hydrogen (secondary N) is 1. The fourth-order valence-corrected chi connectivity index (χ4v) is 3.52. The number of para-hydroxylation sites is 1. The number of carbonyl (C=O) groups excluding carboxylic acids is 1. The van der Waals surface area contributed by atoms with Gasteiger partial charge >= 0.3 is 0 Å². The third kappa shape index (κ3) is 3.95. The summed E-state index contributed by atoms with van der Waals surface area (Å²) in [5.74, 6) is 1.57. The van der Waals surface area contributed by atoms with Crippen molar-refractivity contribution in [3.05, 3.63) is 59.7 Å². The van der Waals surface area contributed by atoms with E-state index >= 15 is 0 Å². The fourth-order valence-electron chi connectivity index (χ4n) is 3.52. The fraction of sp³-hybridized carbons (Fsp3) is 0.435. The maximum Gasteiger partial charge on any atom is 0.258 e. The summed E-state index contributed by atoms with van der Waals surface area (Å²) in [5, 5.41) is 3.60. The number of hydrogen-bond donors (Lipinski definition) is 1. The number of anilines is 1. The van der Waals surface area contributed by atoms with E-state index in [1.807, 2.05) is 41.3 Å². The van der Waals surface area contributed by atoms with Crippen LogP contribution in [0.15, 0.2) is 48.5 Å². The summed E-state index contributed by atoms with van der Waals surface area (Å²) < 4.78 is 5.84. The van der Waals surface area contributed by atoms with Gasteiger partial charge in [-0.1, -0.05) is 45.0 Å². The van der Waals surface area contributed by atoms with E-state index < -0.39 is 5.66 Å². The van der Waals surface area contributed by atoms with Crippen LogP contribution in [0.3, 0.4) is 0 Å². The molecule has 0 aliphatic carbocycles. The van der Waals surface area contributed by atoms with Crippen LogP contribution in [0.25, 0.3) is 0 Å². The number of fused-ring (bicyclic) bond motifs is 1. The average molecular weight is 367 g/mol. The number of amides is 1. The maximum absolute atomic E-state index is 13.1. The predicted molar refractivity (Wildman–Crippen MR) is 110 cm³/mol. The van der Waals surface area contributed by atoms with Crippen LogP contribution in [0.4, 0.5) is 5.69 Å². The highest BCUT2D eigenvalue weighted by Crippen LogP contribution is 2.38. The molecule has 144 valence electrons. The van der Waals surface area contributed by atoms with E-state index in [0.717, 1.165) is 42.0 Å². The molecule has 0 aromatic heterocycles. The molecular weight excluding hydrogens is 336 g/mol. The molecule has 4 nitrogen and oxygen atoms in total. The van der Waals surface area contributed by atoms with E-state index in [4.69, 9.17) is 4.74 Å². The average Bonchev–Trinajstić information content (AvgIpc) is 2.65. The van der Waals surface area contributed by atoms with Crippen LogP contribution < -0.4 is 10.1 Å². The van der Waals surface area contributed by atoms with Gasteiger partial charge in [-0.05, 0) is 55.5 Å². The smallest absolute Gasteiger partial charge is 0.258 e. The minimum atomic E-state index is -0.585. The van der Waals surface area contributed by atoms with Gasteiger partial charge in [0.1, 0.15) is 11.4 Å². The van der Waals surface area contributed by atoms with Crippen LogP contribution in [-0.2, 0) is 5.66 Å². The molecule has 4 heteroatoms. The normalized spacial score (nSPS) is 19.0. The van der Waals surface area contributed by atoms with Gasteiger partial charge in [0.25, 0.3) is 5.91 Å². The van der Waals surface area contributed by atoms with Crippen LogP contribution in [0.2, 0.25) is 0 Å². The van der Waals surface area contributed by atoms with E-state index in [0.29, 0.717) is 12.5 Å². The standard InChI is InChI=1S/C23H30N2O2/c1-5-15-25-22(26)20-8-6-7-9-21(20)24-23(25,4)18-10-12-19(13-11-18)27-16-14-17(2)3/h6-13,17,24H,5,14-16H2,1-4H3. The summed E-state index contributed by atoms with van der Waals surface area (Å²) in [5.41, 5.74) is 2.08. The number of ether oxygens (including phenoxy) is 1. The quantitative estimate of drug-likeness (QED) is 0.726. The second-order valence-electron chi connectivity index (χ2n) is 7.75. The molecule has 27 heavy (non-hydrogen) atoms. The zero-order valence-electron chi connectivity index (χ0n) is 16.8. The summed E-state index contributed by atoms with van der Waals surface area (Å²) in [6, 6.07) is 15.8. The number of nitrogens with zero attached hydrogens (tertiary/aromatic N) is 1. The van der Waals surface area contributed by atoms with Crippen molar-refractivity contribution >= 4 is 11.6 Å². The summed E-state index contributed by atoms with van der Waals surface area (Å²) in [6.07, 6.45) is 1.94. The minimum absolute atomic E-state index is 0.0750. The van der Waals surface area contributed by atoms with E-state index in [9.17, 15) is 4.79 Å². The van der Waals surface area contributed by atoms with Crippen LogP contribution >= 0.6 is 0 Å². The molecule has 1 atom stereocenters. The largest absolute Gasteiger partial charge is 0.494 e. The molecule has 1 heterocycles. The first-order valence-corrected chi connectivity index (χ1v) is 9.88. The Bertz CT molecular complexity index is 785. The van der Waals surface area contributed by atoms with Gasteiger partial charge in [-0.15, -0.1) is 0 Å².